The van der Waals surface area contributed by atoms with E-state index < -0.39 is 14.8 Å². The number of rotatable bonds is 4. The first kappa shape index (κ1) is 18.7. The van der Waals surface area contributed by atoms with Crippen LogP contribution >= 0.6 is 0 Å². The van der Waals surface area contributed by atoms with Crippen LogP contribution in [-0.4, -0.2) is 36.0 Å². The van der Waals surface area contributed by atoms with Crippen LogP contribution in [0.5, 0.6) is 5.75 Å². The molecule has 6 nitrogen and oxygen atoms in total. The molecule has 1 saturated heterocycles. The van der Waals surface area contributed by atoms with Gasteiger partial charge in [-0.05, 0) is 51.8 Å². The highest BCUT2D eigenvalue weighted by atomic mass is 32.2. The Balaban J connectivity index is 2.07. The molecule has 3 rings (SSSR count). The van der Waals surface area contributed by atoms with Crippen LogP contribution in [0.2, 0.25) is 0 Å². The van der Waals surface area contributed by atoms with E-state index >= 15 is 0 Å². The third kappa shape index (κ3) is 3.06. The number of anilines is 1. The minimum absolute atomic E-state index is 0.175. The lowest BCUT2D eigenvalue weighted by Gasteiger charge is -2.29. The molecule has 1 aliphatic rings. The maximum atomic E-state index is 13.8. The molecule has 0 spiro atoms. The normalized spacial score (nSPS) is 18.3. The molecule has 0 aliphatic carbocycles. The molecule has 1 aliphatic heterocycles. The van der Waals surface area contributed by atoms with Gasteiger partial charge in [0.05, 0.1) is 24.1 Å². The molecule has 0 unspecified atom stereocenters. The zero-order chi connectivity index (χ0) is 19.1. The number of methoxy groups -OCH3 is 1. The molecule has 0 N–H and O–H groups in total. The minimum atomic E-state index is -3.67. The van der Waals surface area contributed by atoms with Crippen molar-refractivity contribution in [3.63, 3.8) is 0 Å². The molecule has 2 heterocycles. The predicted molar refractivity (Wildman–Crippen MR) is 98.6 cm³/mol. The van der Waals surface area contributed by atoms with Crippen LogP contribution in [0.15, 0.2) is 30.5 Å². The Morgan fingerprint density at radius 1 is 1.27 bits per heavy atom. The van der Waals surface area contributed by atoms with Crippen LogP contribution in [0.25, 0.3) is 0 Å². The van der Waals surface area contributed by atoms with Crippen LogP contribution in [0, 0.1) is 5.82 Å². The Morgan fingerprint density at radius 3 is 2.65 bits per heavy atom. The lowest BCUT2D eigenvalue weighted by molar-refractivity contribution is 0.404. The fraction of sp³-hybridized carbons (Fsp3) is 0.500. The molecule has 0 radical (unpaired) electrons. The zero-order valence-corrected chi connectivity index (χ0v) is 16.3. The fourth-order valence-corrected chi connectivity index (χ4v) is 4.37. The Bertz CT molecular complexity index is 903. The van der Waals surface area contributed by atoms with Crippen molar-refractivity contribution in [1.29, 1.82) is 0 Å². The van der Waals surface area contributed by atoms with Crippen LogP contribution < -0.4 is 9.64 Å². The molecule has 8 heteroatoms. The van der Waals surface area contributed by atoms with Gasteiger partial charge in [-0.2, -0.15) is 5.10 Å². The largest absolute Gasteiger partial charge is 0.496 e. The predicted octanol–water partition coefficient (Wildman–Crippen LogP) is 3.35. The van der Waals surface area contributed by atoms with Gasteiger partial charge in [0.2, 0.25) is 0 Å². The van der Waals surface area contributed by atoms with Crippen molar-refractivity contribution in [2.75, 3.05) is 18.6 Å². The number of nitrogens with zero attached hydrogens (tertiary/aromatic N) is 3. The quantitative estimate of drug-likeness (QED) is 0.813. The number of aromatic nitrogens is 2. The summed E-state index contributed by atoms with van der Waals surface area (Å²) in [5.74, 6) is 0.741. The smallest absolute Gasteiger partial charge is 0.260 e. The average molecular weight is 381 g/mol. The zero-order valence-electron chi connectivity index (χ0n) is 15.4. The third-order valence-corrected chi connectivity index (χ3v) is 6.97. The lowest BCUT2D eigenvalue weighted by Crippen LogP contribution is -2.37. The number of hydrogen-bond donors (Lipinski definition) is 0. The van der Waals surface area contributed by atoms with E-state index in [0.717, 1.165) is 16.9 Å². The van der Waals surface area contributed by atoms with Gasteiger partial charge in [0.1, 0.15) is 17.4 Å². The molecule has 1 atom stereocenters. The minimum Gasteiger partial charge on any atom is -0.496 e. The lowest BCUT2D eigenvalue weighted by atomic mass is 10.0. The molecule has 0 bridgehead atoms. The number of hydrogen-bond acceptors (Lipinski definition) is 5. The fourth-order valence-electron chi connectivity index (χ4n) is 3.26. The van der Waals surface area contributed by atoms with Gasteiger partial charge < -0.3 is 9.64 Å². The van der Waals surface area contributed by atoms with Crippen molar-refractivity contribution < 1.29 is 17.5 Å². The number of ether oxygens (including phenoxy) is 1. The topological polar surface area (TPSA) is 64.4 Å². The second-order valence-electron chi connectivity index (χ2n) is 7.39. The van der Waals surface area contributed by atoms with Crippen molar-refractivity contribution in [2.24, 2.45) is 0 Å². The van der Waals surface area contributed by atoms with Crippen LogP contribution in [0.4, 0.5) is 10.2 Å². The summed E-state index contributed by atoms with van der Waals surface area (Å²) < 4.78 is 45.2. The molecule has 0 amide bonds. The monoisotopic (exact) mass is 381 g/mol. The summed E-state index contributed by atoms with van der Waals surface area (Å²) in [6, 6.07) is 5.93. The highest BCUT2D eigenvalue weighted by molar-refractivity contribution is 7.91. The summed E-state index contributed by atoms with van der Waals surface area (Å²) in [6.45, 7) is 5.59. The molecule has 2 aromatic rings. The van der Waals surface area contributed by atoms with Crippen molar-refractivity contribution in [1.82, 2.24) is 9.19 Å². The molecule has 142 valence electrons. The van der Waals surface area contributed by atoms with Crippen LogP contribution in [0.3, 0.4) is 0 Å². The second kappa shape index (κ2) is 6.57. The Morgan fingerprint density at radius 2 is 2.00 bits per heavy atom. The maximum absolute atomic E-state index is 13.8. The van der Waals surface area contributed by atoms with Gasteiger partial charge in [0.25, 0.3) is 10.0 Å². The van der Waals surface area contributed by atoms with E-state index in [2.05, 4.69) is 5.10 Å². The summed E-state index contributed by atoms with van der Waals surface area (Å²) in [7, 11) is -2.13. The van der Waals surface area contributed by atoms with E-state index in [1.54, 1.807) is 40.0 Å². The van der Waals surface area contributed by atoms with Gasteiger partial charge in [0.15, 0.2) is 0 Å². The van der Waals surface area contributed by atoms with E-state index in [0.29, 0.717) is 23.7 Å². The molecule has 26 heavy (non-hydrogen) atoms. The van der Waals surface area contributed by atoms with Gasteiger partial charge in [0, 0.05) is 18.2 Å². The average Bonchev–Trinajstić information content (AvgIpc) is 3.22. The first-order valence-corrected chi connectivity index (χ1v) is 10.00. The van der Waals surface area contributed by atoms with Crippen molar-refractivity contribution in [3.05, 3.63) is 41.8 Å². The summed E-state index contributed by atoms with van der Waals surface area (Å²) in [4.78, 5) is 1.97. The Kier molecular flexibility index (Phi) is 4.72. The van der Waals surface area contributed by atoms with Crippen molar-refractivity contribution in [2.45, 2.75) is 44.4 Å². The first-order chi connectivity index (χ1) is 12.2. The highest BCUT2D eigenvalue weighted by Crippen LogP contribution is 2.40. The van der Waals surface area contributed by atoms with Gasteiger partial charge in [-0.15, -0.1) is 4.09 Å². The van der Waals surface area contributed by atoms with E-state index in [1.807, 2.05) is 4.90 Å². The van der Waals surface area contributed by atoms with Gasteiger partial charge in [-0.1, -0.05) is 0 Å². The SMILES string of the molecule is COc1ccc(F)cc1[C@H]1CCCN1c1ccnn1S(=O)(=O)C(C)(C)C. The summed E-state index contributed by atoms with van der Waals surface area (Å²) >= 11 is 0. The highest BCUT2D eigenvalue weighted by Gasteiger charge is 2.37. The first-order valence-electron chi connectivity index (χ1n) is 8.56. The molecular weight excluding hydrogens is 357 g/mol. The van der Waals surface area contributed by atoms with Gasteiger partial charge >= 0.3 is 0 Å². The third-order valence-electron chi connectivity index (χ3n) is 4.69. The summed E-state index contributed by atoms with van der Waals surface area (Å²) in [5.41, 5.74) is 0.714. The van der Waals surface area contributed by atoms with Crippen LogP contribution in [-0.2, 0) is 10.0 Å². The summed E-state index contributed by atoms with van der Waals surface area (Å²) in [6.07, 6.45) is 3.13. The van der Waals surface area contributed by atoms with E-state index in [-0.39, 0.29) is 11.9 Å². The number of benzene rings is 1. The maximum Gasteiger partial charge on any atom is 0.260 e. The van der Waals surface area contributed by atoms with Crippen LogP contribution in [0.1, 0.15) is 45.2 Å². The molecule has 1 aromatic heterocycles. The van der Waals surface area contributed by atoms with Gasteiger partial charge in [-0.25, -0.2) is 12.8 Å². The van der Waals surface area contributed by atoms with Gasteiger partial charge in [-0.3, -0.25) is 0 Å². The Labute approximate surface area is 153 Å². The molecule has 1 aromatic carbocycles. The molecule has 0 saturated carbocycles. The van der Waals surface area contributed by atoms with E-state index in [4.69, 9.17) is 4.74 Å². The van der Waals surface area contributed by atoms with E-state index in [9.17, 15) is 12.8 Å². The number of halogens is 1. The standard InChI is InChI=1S/C18H24FN3O3S/c1-18(2,3)26(23,24)22-17(9-10-20-22)21-11-5-6-15(21)14-12-13(19)7-8-16(14)25-4/h7-10,12,15H,5-6,11H2,1-4H3/t15-/m1/s1. The Hall–Kier alpha value is -2.09. The second-order valence-corrected chi connectivity index (χ2v) is 9.91. The van der Waals surface area contributed by atoms with Crippen molar-refractivity contribution in [3.8, 4) is 5.75 Å². The van der Waals surface area contributed by atoms with E-state index in [1.165, 1.54) is 18.3 Å². The molecule has 1 fully saturated rings. The van der Waals surface area contributed by atoms with Crippen molar-refractivity contribution >= 4 is 15.8 Å². The molecular formula is C18H24FN3O3S. The summed E-state index contributed by atoms with van der Waals surface area (Å²) in [5, 5.41) is 4.07.